The molecule has 1 aliphatic rings. The van der Waals surface area contributed by atoms with Crippen LogP contribution in [0.15, 0.2) is 34.9 Å². The molecule has 128 valence electrons. The standard InChI is InChI=1S/C19H24N2O3/c1-13(2)9-10-23-17-6-4-3-5-15(17)12-20-19(22)16-11-18(24-21-16)14-7-8-14/h3-6,11,13-14H,7-10,12H2,1-2H3,(H,20,22). The summed E-state index contributed by atoms with van der Waals surface area (Å²) in [5.74, 6) is 2.47. The number of nitrogens with zero attached hydrogens (tertiary/aromatic N) is 1. The summed E-state index contributed by atoms with van der Waals surface area (Å²) in [6, 6.07) is 9.53. The molecular formula is C19H24N2O3. The molecule has 1 N–H and O–H groups in total. The molecule has 5 heteroatoms. The molecular weight excluding hydrogens is 304 g/mol. The molecule has 1 aromatic carbocycles. The molecule has 1 aromatic heterocycles. The van der Waals surface area contributed by atoms with Crippen LogP contribution in [0.1, 0.15) is 60.8 Å². The van der Waals surface area contributed by atoms with Gasteiger partial charge in [-0.3, -0.25) is 4.79 Å². The predicted octanol–water partition coefficient (Wildman–Crippen LogP) is 3.91. The molecule has 1 aliphatic carbocycles. The minimum Gasteiger partial charge on any atom is -0.493 e. The van der Waals surface area contributed by atoms with Crippen LogP contribution < -0.4 is 10.1 Å². The highest BCUT2D eigenvalue weighted by molar-refractivity contribution is 5.92. The number of carbonyl (C=O) groups is 1. The second kappa shape index (κ2) is 7.51. The van der Waals surface area contributed by atoms with E-state index >= 15 is 0 Å². The largest absolute Gasteiger partial charge is 0.493 e. The third-order valence-corrected chi connectivity index (χ3v) is 4.11. The third kappa shape index (κ3) is 4.37. The molecule has 0 radical (unpaired) electrons. The van der Waals surface area contributed by atoms with Gasteiger partial charge in [0.15, 0.2) is 5.69 Å². The number of hydrogen-bond donors (Lipinski definition) is 1. The molecule has 24 heavy (non-hydrogen) atoms. The van der Waals surface area contributed by atoms with Crippen molar-refractivity contribution in [3.8, 4) is 5.75 Å². The van der Waals surface area contributed by atoms with E-state index in [-0.39, 0.29) is 5.91 Å². The maximum absolute atomic E-state index is 12.2. The van der Waals surface area contributed by atoms with E-state index in [1.165, 1.54) is 0 Å². The summed E-state index contributed by atoms with van der Waals surface area (Å²) in [4.78, 5) is 12.2. The normalized spacial score (nSPS) is 14.0. The maximum Gasteiger partial charge on any atom is 0.273 e. The summed E-state index contributed by atoms with van der Waals surface area (Å²) in [7, 11) is 0. The fourth-order valence-corrected chi connectivity index (χ4v) is 2.42. The van der Waals surface area contributed by atoms with Crippen molar-refractivity contribution in [1.82, 2.24) is 10.5 Å². The van der Waals surface area contributed by atoms with Crippen LogP contribution in [-0.2, 0) is 6.54 Å². The number of aromatic nitrogens is 1. The number of benzene rings is 1. The molecule has 3 rings (SSSR count). The van der Waals surface area contributed by atoms with Gasteiger partial charge < -0.3 is 14.6 Å². The van der Waals surface area contributed by atoms with Gasteiger partial charge in [-0.1, -0.05) is 37.2 Å². The summed E-state index contributed by atoms with van der Waals surface area (Å²) < 4.78 is 11.1. The second-order valence-corrected chi connectivity index (χ2v) is 6.71. The predicted molar refractivity (Wildman–Crippen MR) is 91.0 cm³/mol. The smallest absolute Gasteiger partial charge is 0.273 e. The third-order valence-electron chi connectivity index (χ3n) is 4.11. The minimum atomic E-state index is -0.220. The highest BCUT2D eigenvalue weighted by Crippen LogP contribution is 2.40. The van der Waals surface area contributed by atoms with E-state index in [9.17, 15) is 4.79 Å². The van der Waals surface area contributed by atoms with Crippen LogP contribution in [0.3, 0.4) is 0 Å². The van der Waals surface area contributed by atoms with E-state index in [1.54, 1.807) is 6.07 Å². The molecule has 0 saturated heterocycles. The van der Waals surface area contributed by atoms with Gasteiger partial charge in [0.2, 0.25) is 0 Å². The van der Waals surface area contributed by atoms with Gasteiger partial charge in [-0.25, -0.2) is 0 Å². The van der Waals surface area contributed by atoms with Gasteiger partial charge in [-0.2, -0.15) is 0 Å². The summed E-state index contributed by atoms with van der Waals surface area (Å²) in [6.45, 7) is 5.42. The summed E-state index contributed by atoms with van der Waals surface area (Å²) >= 11 is 0. The molecule has 2 aromatic rings. The molecule has 1 heterocycles. The van der Waals surface area contributed by atoms with Gasteiger partial charge in [0.25, 0.3) is 5.91 Å². The van der Waals surface area contributed by atoms with Gasteiger partial charge in [-0.05, 0) is 31.2 Å². The Morgan fingerprint density at radius 1 is 1.38 bits per heavy atom. The lowest BCUT2D eigenvalue weighted by Crippen LogP contribution is -2.23. The van der Waals surface area contributed by atoms with E-state index in [4.69, 9.17) is 9.26 Å². The van der Waals surface area contributed by atoms with Gasteiger partial charge in [0, 0.05) is 24.1 Å². The Hall–Kier alpha value is -2.30. The molecule has 1 fully saturated rings. The molecule has 0 unspecified atom stereocenters. The summed E-state index contributed by atoms with van der Waals surface area (Å²) in [6.07, 6.45) is 3.25. The number of para-hydroxylation sites is 1. The van der Waals surface area contributed by atoms with Gasteiger partial charge >= 0.3 is 0 Å². The van der Waals surface area contributed by atoms with E-state index in [2.05, 4.69) is 24.3 Å². The summed E-state index contributed by atoms with van der Waals surface area (Å²) in [5, 5.41) is 6.75. The van der Waals surface area contributed by atoms with Gasteiger partial charge in [0.1, 0.15) is 11.5 Å². The fourth-order valence-electron chi connectivity index (χ4n) is 2.42. The Bertz CT molecular complexity index is 689. The van der Waals surface area contributed by atoms with Crippen molar-refractivity contribution in [1.29, 1.82) is 0 Å². The van der Waals surface area contributed by atoms with Gasteiger partial charge in [-0.15, -0.1) is 0 Å². The fraction of sp³-hybridized carbons (Fsp3) is 0.474. The van der Waals surface area contributed by atoms with Gasteiger partial charge in [0.05, 0.1) is 6.61 Å². The number of nitrogens with one attached hydrogen (secondary N) is 1. The van der Waals surface area contributed by atoms with Crippen LogP contribution in [0, 0.1) is 5.92 Å². The molecule has 0 atom stereocenters. The molecule has 0 spiro atoms. The Morgan fingerprint density at radius 3 is 2.92 bits per heavy atom. The van der Waals surface area contributed by atoms with Crippen molar-refractivity contribution in [2.75, 3.05) is 6.61 Å². The first-order chi connectivity index (χ1) is 11.6. The average molecular weight is 328 g/mol. The Kier molecular flexibility index (Phi) is 5.18. The monoisotopic (exact) mass is 328 g/mol. The first-order valence-corrected chi connectivity index (χ1v) is 8.59. The molecule has 0 aliphatic heterocycles. The second-order valence-electron chi connectivity index (χ2n) is 6.71. The van der Waals surface area contributed by atoms with Crippen molar-refractivity contribution in [3.63, 3.8) is 0 Å². The van der Waals surface area contributed by atoms with Crippen molar-refractivity contribution >= 4 is 5.91 Å². The van der Waals surface area contributed by atoms with E-state index in [0.717, 1.165) is 36.3 Å². The van der Waals surface area contributed by atoms with Crippen molar-refractivity contribution in [2.24, 2.45) is 5.92 Å². The van der Waals surface area contributed by atoms with Crippen molar-refractivity contribution in [3.05, 3.63) is 47.3 Å². The highest BCUT2D eigenvalue weighted by atomic mass is 16.5. The molecule has 5 nitrogen and oxygen atoms in total. The Morgan fingerprint density at radius 2 is 2.17 bits per heavy atom. The SMILES string of the molecule is CC(C)CCOc1ccccc1CNC(=O)c1cc(C2CC2)on1. The molecule has 0 bridgehead atoms. The average Bonchev–Trinajstić information content (AvgIpc) is 3.30. The topological polar surface area (TPSA) is 64.4 Å². The lowest BCUT2D eigenvalue weighted by atomic mass is 10.1. The molecule has 1 saturated carbocycles. The summed E-state index contributed by atoms with van der Waals surface area (Å²) in [5.41, 5.74) is 1.30. The van der Waals surface area contributed by atoms with E-state index in [0.29, 0.717) is 30.7 Å². The lowest BCUT2D eigenvalue weighted by molar-refractivity contribution is 0.0941. The maximum atomic E-state index is 12.2. The molecule has 1 amide bonds. The number of ether oxygens (including phenoxy) is 1. The number of amides is 1. The van der Waals surface area contributed by atoms with Crippen molar-refractivity contribution < 1.29 is 14.1 Å². The van der Waals surface area contributed by atoms with Crippen LogP contribution >= 0.6 is 0 Å². The zero-order valence-electron chi connectivity index (χ0n) is 14.2. The Balaban J connectivity index is 1.56. The number of hydrogen-bond acceptors (Lipinski definition) is 4. The van der Waals surface area contributed by atoms with E-state index < -0.39 is 0 Å². The lowest BCUT2D eigenvalue weighted by Gasteiger charge is -2.12. The number of rotatable bonds is 8. The first-order valence-electron chi connectivity index (χ1n) is 8.59. The van der Waals surface area contributed by atoms with E-state index in [1.807, 2.05) is 24.3 Å². The van der Waals surface area contributed by atoms with Crippen LogP contribution in [0.2, 0.25) is 0 Å². The zero-order chi connectivity index (χ0) is 16.9. The zero-order valence-corrected chi connectivity index (χ0v) is 14.2. The van der Waals surface area contributed by atoms with Crippen LogP contribution in [0.5, 0.6) is 5.75 Å². The quantitative estimate of drug-likeness (QED) is 0.798. The van der Waals surface area contributed by atoms with Crippen LogP contribution in [-0.4, -0.2) is 17.7 Å². The first kappa shape index (κ1) is 16.6. The Labute approximate surface area is 142 Å². The minimum absolute atomic E-state index is 0.220. The number of carbonyl (C=O) groups excluding carboxylic acids is 1. The van der Waals surface area contributed by atoms with Crippen LogP contribution in [0.4, 0.5) is 0 Å². The highest BCUT2D eigenvalue weighted by Gasteiger charge is 2.28. The van der Waals surface area contributed by atoms with Crippen molar-refractivity contribution in [2.45, 2.75) is 45.6 Å². The van der Waals surface area contributed by atoms with Crippen LogP contribution in [0.25, 0.3) is 0 Å².